The quantitative estimate of drug-likeness (QED) is 0.861. The van der Waals surface area contributed by atoms with E-state index in [2.05, 4.69) is 38.6 Å². The lowest BCUT2D eigenvalue weighted by molar-refractivity contribution is -0.134. The monoisotopic (exact) mass is 336 g/mol. The Bertz CT molecular complexity index is 844. The second-order valence-electron chi connectivity index (χ2n) is 8.28. The molecule has 6 rings (SSSR count). The number of likely N-dealkylation sites (tertiary alicyclic amines) is 2. The van der Waals surface area contributed by atoms with Crippen LogP contribution in [0.1, 0.15) is 49.9 Å². The van der Waals surface area contributed by atoms with E-state index in [1.165, 1.54) is 37.0 Å². The van der Waals surface area contributed by atoms with Crippen LogP contribution in [0.2, 0.25) is 0 Å². The van der Waals surface area contributed by atoms with E-state index < -0.39 is 0 Å². The molecule has 0 spiro atoms. The molecule has 2 aliphatic heterocycles. The zero-order chi connectivity index (χ0) is 16.5. The van der Waals surface area contributed by atoms with Crippen LogP contribution in [0, 0.1) is 0 Å². The topological polar surface area (TPSA) is 41.4 Å². The number of fused-ring (bicyclic) bond motifs is 1. The van der Waals surface area contributed by atoms with Crippen molar-refractivity contribution in [2.75, 3.05) is 19.6 Å². The van der Waals surface area contributed by atoms with Gasteiger partial charge in [-0.05, 0) is 44.2 Å². The van der Waals surface area contributed by atoms with Crippen molar-refractivity contribution in [1.29, 1.82) is 0 Å². The summed E-state index contributed by atoms with van der Waals surface area (Å²) in [5.41, 5.74) is 2.39. The minimum Gasteiger partial charge on any atom is -0.338 e. The van der Waals surface area contributed by atoms with E-state index in [0.717, 1.165) is 31.6 Å². The number of para-hydroxylation sites is 2. The summed E-state index contributed by atoms with van der Waals surface area (Å²) in [6, 6.07) is 9.69. The molecule has 2 saturated carbocycles. The highest BCUT2D eigenvalue weighted by Gasteiger charge is 2.46. The van der Waals surface area contributed by atoms with E-state index in [9.17, 15) is 4.79 Å². The van der Waals surface area contributed by atoms with Gasteiger partial charge in [0.2, 0.25) is 5.91 Å². The Kier molecular flexibility index (Phi) is 2.90. The van der Waals surface area contributed by atoms with Crippen molar-refractivity contribution >= 4 is 16.9 Å². The number of nitrogens with zero attached hydrogens (tertiary/aromatic N) is 4. The summed E-state index contributed by atoms with van der Waals surface area (Å²) in [6.45, 7) is 2.96. The van der Waals surface area contributed by atoms with E-state index in [1.807, 2.05) is 0 Å². The maximum Gasteiger partial charge on any atom is 0.240 e. The van der Waals surface area contributed by atoms with Gasteiger partial charge in [0.15, 0.2) is 0 Å². The van der Waals surface area contributed by atoms with E-state index in [1.54, 1.807) is 0 Å². The summed E-state index contributed by atoms with van der Waals surface area (Å²) in [7, 11) is 0. The van der Waals surface area contributed by atoms with Crippen LogP contribution in [0.5, 0.6) is 0 Å². The third kappa shape index (κ3) is 2.18. The van der Waals surface area contributed by atoms with Crippen LogP contribution in [-0.4, -0.2) is 57.0 Å². The lowest BCUT2D eigenvalue weighted by atomic mass is 10.0. The van der Waals surface area contributed by atoms with Crippen LogP contribution < -0.4 is 0 Å². The molecule has 2 saturated heterocycles. The first-order chi connectivity index (χ1) is 12.3. The molecule has 0 radical (unpaired) electrons. The van der Waals surface area contributed by atoms with Crippen molar-refractivity contribution in [3.8, 4) is 0 Å². The highest BCUT2D eigenvalue weighted by Crippen LogP contribution is 2.43. The number of aromatic nitrogens is 2. The van der Waals surface area contributed by atoms with Crippen molar-refractivity contribution < 1.29 is 4.79 Å². The molecule has 2 aromatic rings. The second kappa shape index (κ2) is 5.07. The maximum absolute atomic E-state index is 12.7. The average Bonchev–Trinajstić information content (AvgIpc) is 3.51. The summed E-state index contributed by atoms with van der Waals surface area (Å²) < 4.78 is 2.49. The molecule has 3 heterocycles. The number of imidazole rings is 1. The molecule has 4 aliphatic rings. The smallest absolute Gasteiger partial charge is 0.240 e. The van der Waals surface area contributed by atoms with Gasteiger partial charge >= 0.3 is 0 Å². The van der Waals surface area contributed by atoms with Gasteiger partial charge in [-0.1, -0.05) is 12.1 Å². The minimum absolute atomic E-state index is 0.135. The first kappa shape index (κ1) is 14.3. The van der Waals surface area contributed by atoms with Crippen LogP contribution >= 0.6 is 0 Å². The summed E-state index contributed by atoms with van der Waals surface area (Å²) in [4.78, 5) is 22.1. The average molecular weight is 336 g/mol. The Labute approximate surface area is 147 Å². The normalized spacial score (nSPS) is 28.1. The van der Waals surface area contributed by atoms with Crippen molar-refractivity contribution in [2.45, 2.75) is 56.1 Å². The highest BCUT2D eigenvalue weighted by atomic mass is 16.2. The standard InChI is InChI=1S/C20H24N4O/c25-20-18(9-10-23(20)14-7-8-14)22-11-15(12-22)24-17-4-2-1-3-16(17)21-19(24)13-5-6-13/h1-4,13-15,18H,5-12H2. The summed E-state index contributed by atoms with van der Waals surface area (Å²) in [5.74, 6) is 2.32. The number of carbonyl (C=O) groups is 1. The van der Waals surface area contributed by atoms with Gasteiger partial charge in [0.1, 0.15) is 5.82 Å². The number of hydrogen-bond acceptors (Lipinski definition) is 3. The molecular weight excluding hydrogens is 312 g/mol. The van der Waals surface area contributed by atoms with Crippen molar-refractivity contribution in [3.63, 3.8) is 0 Å². The Morgan fingerprint density at radius 3 is 2.52 bits per heavy atom. The molecule has 1 aromatic heterocycles. The number of rotatable bonds is 4. The first-order valence-electron chi connectivity index (χ1n) is 9.81. The van der Waals surface area contributed by atoms with Gasteiger partial charge in [0.25, 0.3) is 0 Å². The van der Waals surface area contributed by atoms with E-state index in [4.69, 9.17) is 4.98 Å². The summed E-state index contributed by atoms with van der Waals surface area (Å²) in [6.07, 6.45) is 6.00. The molecule has 1 aromatic carbocycles. The predicted molar refractivity (Wildman–Crippen MR) is 95.5 cm³/mol. The van der Waals surface area contributed by atoms with E-state index >= 15 is 0 Å². The lowest BCUT2D eigenvalue weighted by Crippen LogP contribution is -2.55. The van der Waals surface area contributed by atoms with Crippen molar-refractivity contribution in [1.82, 2.24) is 19.4 Å². The number of hydrogen-bond donors (Lipinski definition) is 0. The number of carbonyl (C=O) groups excluding carboxylic acids is 1. The Morgan fingerprint density at radius 1 is 0.960 bits per heavy atom. The van der Waals surface area contributed by atoms with Crippen LogP contribution in [-0.2, 0) is 4.79 Å². The molecule has 130 valence electrons. The zero-order valence-electron chi connectivity index (χ0n) is 14.5. The Morgan fingerprint density at radius 2 is 1.76 bits per heavy atom. The lowest BCUT2D eigenvalue weighted by Gasteiger charge is -2.43. The maximum atomic E-state index is 12.7. The molecule has 0 N–H and O–H groups in total. The second-order valence-corrected chi connectivity index (χ2v) is 8.28. The number of amides is 1. The third-order valence-electron chi connectivity index (χ3n) is 6.46. The Hall–Kier alpha value is -1.88. The van der Waals surface area contributed by atoms with Crippen LogP contribution in [0.25, 0.3) is 11.0 Å². The molecule has 1 atom stereocenters. The SMILES string of the molecule is O=C1C(N2CC(n3c(C4CC4)nc4ccccc43)C2)CCN1C1CC1. The fourth-order valence-electron chi connectivity index (χ4n) is 4.76. The molecule has 25 heavy (non-hydrogen) atoms. The van der Waals surface area contributed by atoms with Gasteiger partial charge in [-0.2, -0.15) is 0 Å². The van der Waals surface area contributed by atoms with Gasteiger partial charge in [-0.15, -0.1) is 0 Å². The van der Waals surface area contributed by atoms with E-state index in [-0.39, 0.29) is 6.04 Å². The van der Waals surface area contributed by atoms with E-state index in [0.29, 0.717) is 23.9 Å². The molecule has 1 amide bonds. The van der Waals surface area contributed by atoms with Crippen LogP contribution in [0.4, 0.5) is 0 Å². The largest absolute Gasteiger partial charge is 0.338 e. The highest BCUT2D eigenvalue weighted by molar-refractivity contribution is 5.84. The molecule has 0 bridgehead atoms. The summed E-state index contributed by atoms with van der Waals surface area (Å²) in [5, 5.41) is 0. The van der Waals surface area contributed by atoms with Crippen LogP contribution in [0.3, 0.4) is 0 Å². The zero-order valence-corrected chi connectivity index (χ0v) is 14.5. The predicted octanol–water partition coefficient (Wildman–Crippen LogP) is 2.53. The van der Waals surface area contributed by atoms with Gasteiger partial charge in [-0.3, -0.25) is 9.69 Å². The molecule has 2 aliphatic carbocycles. The Balaban J connectivity index is 1.24. The van der Waals surface area contributed by atoms with Gasteiger partial charge in [0.05, 0.1) is 23.1 Å². The van der Waals surface area contributed by atoms with Gasteiger partial charge < -0.3 is 9.47 Å². The molecular formula is C20H24N4O. The number of benzene rings is 1. The van der Waals surface area contributed by atoms with Crippen LogP contribution in [0.15, 0.2) is 24.3 Å². The van der Waals surface area contributed by atoms with Gasteiger partial charge in [-0.25, -0.2) is 4.98 Å². The molecule has 1 unspecified atom stereocenters. The fourth-order valence-corrected chi connectivity index (χ4v) is 4.76. The molecule has 5 nitrogen and oxygen atoms in total. The van der Waals surface area contributed by atoms with Crippen molar-refractivity contribution in [2.24, 2.45) is 0 Å². The fraction of sp³-hybridized carbons (Fsp3) is 0.600. The molecule has 4 fully saturated rings. The van der Waals surface area contributed by atoms with Crippen molar-refractivity contribution in [3.05, 3.63) is 30.1 Å². The molecule has 5 heteroatoms. The van der Waals surface area contributed by atoms with Gasteiger partial charge in [0, 0.05) is 31.6 Å². The summed E-state index contributed by atoms with van der Waals surface area (Å²) >= 11 is 0. The minimum atomic E-state index is 0.135. The third-order valence-corrected chi connectivity index (χ3v) is 6.46. The first-order valence-corrected chi connectivity index (χ1v) is 9.81.